The van der Waals surface area contributed by atoms with E-state index < -0.39 is 0 Å². The first kappa shape index (κ1) is 12.9. The zero-order valence-corrected chi connectivity index (χ0v) is 13.0. The van der Waals surface area contributed by atoms with Crippen molar-refractivity contribution in [1.82, 2.24) is 4.90 Å². The first-order valence-electron chi connectivity index (χ1n) is 7.30. The minimum Gasteiger partial charge on any atom is -0.300 e. The van der Waals surface area contributed by atoms with Gasteiger partial charge < -0.3 is 0 Å². The standard InChI is InChI=1S/C14H19BrN5/c15-14-18-13(12-8-17-5-7-20(12,14)16)10-3-4-11-2-1-6-19(11)9-10/h5,7-8,10-11H,1-4,6,9,16H2/q+1/t10-,11-,20?/m1/s1. The minimum absolute atomic E-state index is 0.138. The maximum Gasteiger partial charge on any atom is 0.301 e. The van der Waals surface area contributed by atoms with Gasteiger partial charge in [0, 0.05) is 34.4 Å². The maximum absolute atomic E-state index is 6.42. The van der Waals surface area contributed by atoms with E-state index >= 15 is 0 Å². The molecule has 0 saturated carbocycles. The Labute approximate surface area is 127 Å². The van der Waals surface area contributed by atoms with Crippen molar-refractivity contribution >= 4 is 26.9 Å². The minimum atomic E-state index is 0.138. The van der Waals surface area contributed by atoms with Crippen LogP contribution in [0.5, 0.6) is 0 Å². The number of quaternary nitrogens is 1. The Hall–Kier alpha value is -0.820. The number of hydrogen-bond donors (Lipinski definition) is 1. The van der Waals surface area contributed by atoms with Gasteiger partial charge in [0.1, 0.15) is 11.9 Å². The third-order valence-electron chi connectivity index (χ3n) is 4.95. The number of halogens is 1. The lowest BCUT2D eigenvalue weighted by Gasteiger charge is -2.34. The van der Waals surface area contributed by atoms with Crippen molar-refractivity contribution in [2.45, 2.75) is 31.7 Å². The fourth-order valence-corrected chi connectivity index (χ4v) is 4.34. The van der Waals surface area contributed by atoms with Crippen molar-refractivity contribution in [2.75, 3.05) is 13.1 Å². The van der Waals surface area contributed by atoms with Crippen molar-refractivity contribution in [3.8, 4) is 0 Å². The zero-order valence-electron chi connectivity index (χ0n) is 11.4. The van der Waals surface area contributed by atoms with Crippen LogP contribution >= 0.6 is 15.9 Å². The smallest absolute Gasteiger partial charge is 0.300 e. The number of nitrogens with two attached hydrogens (primary N) is 1. The highest BCUT2D eigenvalue weighted by Crippen LogP contribution is 2.39. The average molecular weight is 337 g/mol. The van der Waals surface area contributed by atoms with Gasteiger partial charge in [-0.15, -0.1) is 4.59 Å². The van der Waals surface area contributed by atoms with Gasteiger partial charge in [-0.1, -0.05) is 0 Å². The molecule has 0 aliphatic carbocycles. The van der Waals surface area contributed by atoms with Gasteiger partial charge in [-0.2, -0.15) is 10.8 Å². The van der Waals surface area contributed by atoms with Gasteiger partial charge in [-0.25, -0.2) is 0 Å². The maximum atomic E-state index is 6.42. The summed E-state index contributed by atoms with van der Waals surface area (Å²) < 4.78 is 0.895. The van der Waals surface area contributed by atoms with Gasteiger partial charge in [0.05, 0.1) is 12.4 Å². The first-order valence-corrected chi connectivity index (χ1v) is 8.09. The van der Waals surface area contributed by atoms with E-state index in [2.05, 4.69) is 25.8 Å². The average Bonchev–Trinajstić information content (AvgIpc) is 3.01. The van der Waals surface area contributed by atoms with Crippen LogP contribution < -0.4 is 5.84 Å². The van der Waals surface area contributed by atoms with Crippen LogP contribution in [0.25, 0.3) is 0 Å². The normalized spacial score (nSPS) is 40.0. The molecule has 0 aromatic carbocycles. The lowest BCUT2D eigenvalue weighted by Crippen LogP contribution is -2.50. The third-order valence-corrected chi connectivity index (χ3v) is 5.72. The molecule has 2 N–H and O–H groups in total. The Morgan fingerprint density at radius 2 is 2.25 bits per heavy atom. The number of piperidine rings is 1. The van der Waals surface area contributed by atoms with Crippen LogP contribution in [0.2, 0.25) is 0 Å². The molecule has 20 heavy (non-hydrogen) atoms. The Bertz CT molecular complexity index is 564. The molecule has 0 aromatic rings. The van der Waals surface area contributed by atoms with Crippen molar-refractivity contribution < 1.29 is 4.59 Å². The molecule has 5 nitrogen and oxygen atoms in total. The highest BCUT2D eigenvalue weighted by atomic mass is 79.9. The number of amidine groups is 1. The molecule has 0 spiro atoms. The van der Waals surface area contributed by atoms with Crippen LogP contribution in [-0.4, -0.2) is 39.6 Å². The summed E-state index contributed by atoms with van der Waals surface area (Å²) in [5.74, 6) is 6.90. The quantitative estimate of drug-likeness (QED) is 0.453. The molecule has 0 bridgehead atoms. The van der Waals surface area contributed by atoms with Gasteiger partial charge >= 0.3 is 4.74 Å². The molecule has 3 atom stereocenters. The molecule has 4 rings (SSSR count). The summed E-state index contributed by atoms with van der Waals surface area (Å²) in [7, 11) is 0. The Morgan fingerprint density at radius 3 is 3.15 bits per heavy atom. The number of rotatable bonds is 1. The molecule has 0 amide bonds. The van der Waals surface area contributed by atoms with Crippen molar-refractivity contribution in [2.24, 2.45) is 21.7 Å². The zero-order chi connectivity index (χ0) is 13.7. The highest BCUT2D eigenvalue weighted by Gasteiger charge is 2.45. The summed E-state index contributed by atoms with van der Waals surface area (Å²) >= 11 is 3.53. The van der Waals surface area contributed by atoms with Crippen LogP contribution in [0.3, 0.4) is 0 Å². The van der Waals surface area contributed by atoms with E-state index in [0.717, 1.165) is 28.7 Å². The topological polar surface area (TPSA) is 54.0 Å². The SMILES string of the molecule is N[N+]12C=CN=CC1=C([C@@H]1CC[C@H]3CCCN3C1)N=C2Br. The summed E-state index contributed by atoms with van der Waals surface area (Å²) in [4.78, 5) is 11.6. The number of nitrogens with zero attached hydrogens (tertiary/aromatic N) is 4. The molecule has 0 aromatic heterocycles. The summed E-state index contributed by atoms with van der Waals surface area (Å²) in [5.41, 5.74) is 2.14. The number of hydrogen-bond acceptors (Lipinski definition) is 4. The summed E-state index contributed by atoms with van der Waals surface area (Å²) in [6.07, 6.45) is 10.7. The van der Waals surface area contributed by atoms with E-state index in [-0.39, 0.29) is 4.59 Å². The Morgan fingerprint density at radius 1 is 1.35 bits per heavy atom. The van der Waals surface area contributed by atoms with Crippen LogP contribution in [0.1, 0.15) is 25.7 Å². The molecule has 4 heterocycles. The lowest BCUT2D eigenvalue weighted by molar-refractivity contribution is -0.746. The molecule has 6 heteroatoms. The predicted octanol–water partition coefficient (Wildman–Crippen LogP) is 2.08. The first-order chi connectivity index (χ1) is 9.68. The molecule has 4 aliphatic rings. The number of aliphatic imine (C=N–C) groups is 2. The van der Waals surface area contributed by atoms with Crippen LogP contribution in [0.15, 0.2) is 33.8 Å². The summed E-state index contributed by atoms with van der Waals surface area (Å²) in [6, 6.07) is 0.808. The molecule has 4 aliphatic heterocycles. The van der Waals surface area contributed by atoms with Gasteiger partial charge in [-0.05, 0) is 32.2 Å². The van der Waals surface area contributed by atoms with Crippen molar-refractivity contribution in [3.63, 3.8) is 0 Å². The lowest BCUT2D eigenvalue weighted by atomic mass is 9.90. The van der Waals surface area contributed by atoms with E-state index in [1.807, 2.05) is 12.4 Å². The molecular weight excluding hydrogens is 318 g/mol. The van der Waals surface area contributed by atoms with Crippen LogP contribution in [0.4, 0.5) is 0 Å². The molecule has 0 radical (unpaired) electrons. The van der Waals surface area contributed by atoms with Crippen molar-refractivity contribution in [1.29, 1.82) is 0 Å². The second-order valence-electron chi connectivity index (χ2n) is 6.07. The fourth-order valence-electron chi connectivity index (χ4n) is 3.84. The fraction of sp³-hybridized carbons (Fsp3) is 0.571. The number of allylic oxidation sites excluding steroid dienone is 1. The summed E-state index contributed by atoms with van der Waals surface area (Å²) in [5, 5.41) is 0. The molecule has 2 saturated heterocycles. The van der Waals surface area contributed by atoms with E-state index in [1.165, 1.54) is 32.2 Å². The van der Waals surface area contributed by atoms with Crippen LogP contribution in [-0.2, 0) is 0 Å². The monoisotopic (exact) mass is 336 g/mol. The van der Waals surface area contributed by atoms with E-state index in [0.29, 0.717) is 5.92 Å². The Balaban J connectivity index is 1.67. The second-order valence-corrected chi connectivity index (χ2v) is 6.78. The van der Waals surface area contributed by atoms with Crippen molar-refractivity contribution in [3.05, 3.63) is 23.8 Å². The molecule has 1 unspecified atom stereocenters. The largest absolute Gasteiger partial charge is 0.301 e. The van der Waals surface area contributed by atoms with E-state index in [9.17, 15) is 0 Å². The van der Waals surface area contributed by atoms with Gasteiger partial charge in [0.15, 0.2) is 0 Å². The van der Waals surface area contributed by atoms with Gasteiger partial charge in [-0.3, -0.25) is 9.89 Å². The molecular formula is C14H19BrN5+. The summed E-state index contributed by atoms with van der Waals surface area (Å²) in [6.45, 7) is 2.36. The van der Waals surface area contributed by atoms with E-state index in [1.54, 1.807) is 6.20 Å². The van der Waals surface area contributed by atoms with Crippen LogP contribution in [0, 0.1) is 5.92 Å². The highest BCUT2D eigenvalue weighted by molar-refractivity contribution is 9.18. The number of fused-ring (bicyclic) bond motifs is 2. The molecule has 106 valence electrons. The second kappa shape index (κ2) is 4.59. The van der Waals surface area contributed by atoms with Gasteiger partial charge in [0.2, 0.25) is 5.70 Å². The Kier molecular flexibility index (Phi) is 2.96. The van der Waals surface area contributed by atoms with E-state index in [4.69, 9.17) is 10.8 Å². The van der Waals surface area contributed by atoms with Gasteiger partial charge in [0.25, 0.3) is 0 Å². The third kappa shape index (κ3) is 1.79. The molecule has 2 fully saturated rings. The predicted molar refractivity (Wildman–Crippen MR) is 82.8 cm³/mol.